The summed E-state index contributed by atoms with van der Waals surface area (Å²) in [5.74, 6) is 2.57. The molecule has 0 unspecified atom stereocenters. The van der Waals surface area contributed by atoms with Crippen molar-refractivity contribution in [2.75, 3.05) is 0 Å². The number of benzene rings is 7. The van der Waals surface area contributed by atoms with Crippen molar-refractivity contribution in [1.82, 2.24) is 39.0 Å². The first-order valence-corrected chi connectivity index (χ1v) is 20.8. The molecule has 6 aromatic heterocycles. The van der Waals surface area contributed by atoms with Crippen LogP contribution in [0.1, 0.15) is 0 Å². The summed E-state index contributed by atoms with van der Waals surface area (Å²) in [6.45, 7) is 0. The third-order valence-corrected chi connectivity index (χ3v) is 12.0. The molecule has 7 aromatic carbocycles. The first-order chi connectivity index (χ1) is 31.2. The minimum absolute atomic E-state index is 0.534. The highest BCUT2D eigenvalue weighted by atomic mass is 16.3. The molecular weight excluding hydrogens is 777 g/mol. The second-order valence-electron chi connectivity index (χ2n) is 15.6. The number of nitrogens with zero attached hydrogens (tertiary/aromatic N) is 8. The van der Waals surface area contributed by atoms with Crippen LogP contribution >= 0.6 is 0 Å². The van der Waals surface area contributed by atoms with Gasteiger partial charge in [-0.3, -0.25) is 14.1 Å². The van der Waals surface area contributed by atoms with Crippen molar-refractivity contribution in [1.29, 1.82) is 0 Å². The van der Waals surface area contributed by atoms with Crippen LogP contribution in [-0.2, 0) is 0 Å². The molecule has 13 aromatic rings. The number of rotatable bonds is 6. The maximum absolute atomic E-state index is 6.05. The highest BCUT2D eigenvalue weighted by molar-refractivity contribution is 6.12. The number of aromatic nitrogens is 8. The lowest BCUT2D eigenvalue weighted by atomic mass is 10.0. The summed E-state index contributed by atoms with van der Waals surface area (Å²) in [4.78, 5) is 29.4. The van der Waals surface area contributed by atoms with Crippen molar-refractivity contribution < 1.29 is 4.42 Å². The molecule has 0 spiro atoms. The molecule has 0 bridgehead atoms. The average molecular weight is 809 g/mol. The molecule has 0 aliphatic rings. The van der Waals surface area contributed by atoms with Gasteiger partial charge >= 0.3 is 0 Å². The summed E-state index contributed by atoms with van der Waals surface area (Å²) in [7, 11) is 0. The van der Waals surface area contributed by atoms with E-state index in [-0.39, 0.29) is 0 Å². The lowest BCUT2D eigenvalue weighted by Crippen LogP contribution is -2.03. The molecule has 0 atom stereocenters. The van der Waals surface area contributed by atoms with Crippen molar-refractivity contribution in [3.63, 3.8) is 0 Å². The van der Waals surface area contributed by atoms with Gasteiger partial charge < -0.3 is 4.42 Å². The normalized spacial score (nSPS) is 11.8. The molecule has 13 rings (SSSR count). The van der Waals surface area contributed by atoms with Crippen LogP contribution in [0.2, 0.25) is 0 Å². The van der Waals surface area contributed by atoms with E-state index >= 15 is 0 Å². The van der Waals surface area contributed by atoms with Crippen LogP contribution in [0, 0.1) is 0 Å². The van der Waals surface area contributed by atoms with Crippen LogP contribution in [0.25, 0.3) is 123 Å². The van der Waals surface area contributed by atoms with Gasteiger partial charge in [0.05, 0.1) is 27.8 Å². The molecule has 0 N–H and O–H groups in total. The van der Waals surface area contributed by atoms with Gasteiger partial charge in [0.2, 0.25) is 5.95 Å². The van der Waals surface area contributed by atoms with Gasteiger partial charge in [-0.15, -0.1) is 0 Å². The van der Waals surface area contributed by atoms with Gasteiger partial charge in [0.25, 0.3) is 0 Å². The highest BCUT2D eigenvalue weighted by Gasteiger charge is 2.20. The summed E-state index contributed by atoms with van der Waals surface area (Å²) in [5.41, 5.74) is 12.3. The quantitative estimate of drug-likeness (QED) is 0.165. The van der Waals surface area contributed by atoms with E-state index < -0.39 is 0 Å². The molecule has 0 aliphatic heterocycles. The zero-order valence-corrected chi connectivity index (χ0v) is 33.5. The summed E-state index contributed by atoms with van der Waals surface area (Å²) in [6, 6.07) is 62.7. The molecule has 9 heteroatoms. The van der Waals surface area contributed by atoms with Crippen molar-refractivity contribution >= 4 is 65.7 Å². The van der Waals surface area contributed by atoms with E-state index in [9.17, 15) is 0 Å². The van der Waals surface area contributed by atoms with Crippen LogP contribution < -0.4 is 0 Å². The molecule has 0 radical (unpaired) electrons. The zero-order chi connectivity index (χ0) is 41.4. The van der Waals surface area contributed by atoms with Crippen LogP contribution in [0.3, 0.4) is 0 Å². The minimum Gasteiger partial charge on any atom is -0.454 e. The predicted octanol–water partition coefficient (Wildman–Crippen LogP) is 12.8. The lowest BCUT2D eigenvalue weighted by Gasteiger charge is -2.12. The molecular formula is C54H32N8O. The predicted molar refractivity (Wildman–Crippen MR) is 251 cm³/mol. The number of hydrogen-bond acceptors (Lipinski definition) is 7. The van der Waals surface area contributed by atoms with Gasteiger partial charge in [-0.1, -0.05) is 115 Å². The molecule has 63 heavy (non-hydrogen) atoms. The van der Waals surface area contributed by atoms with Crippen LogP contribution in [0.4, 0.5) is 0 Å². The van der Waals surface area contributed by atoms with E-state index in [0.29, 0.717) is 17.6 Å². The summed E-state index contributed by atoms with van der Waals surface area (Å²) in [5, 5.41) is 5.41. The molecule has 0 aliphatic carbocycles. The van der Waals surface area contributed by atoms with E-state index in [2.05, 4.69) is 134 Å². The Kier molecular flexibility index (Phi) is 7.70. The first-order valence-electron chi connectivity index (χ1n) is 20.8. The van der Waals surface area contributed by atoms with Crippen molar-refractivity contribution in [3.8, 4) is 56.9 Å². The Morgan fingerprint density at radius 1 is 0.365 bits per heavy atom. The van der Waals surface area contributed by atoms with Gasteiger partial charge in [-0.05, 0) is 71.8 Å². The summed E-state index contributed by atoms with van der Waals surface area (Å²) < 4.78 is 10.5. The number of hydrogen-bond donors (Lipinski definition) is 0. The van der Waals surface area contributed by atoms with Crippen LogP contribution in [0.5, 0.6) is 0 Å². The van der Waals surface area contributed by atoms with E-state index in [1.165, 1.54) is 0 Å². The first kappa shape index (κ1) is 35.0. The number of fused-ring (bicyclic) bond motifs is 9. The van der Waals surface area contributed by atoms with E-state index in [0.717, 1.165) is 105 Å². The van der Waals surface area contributed by atoms with Crippen LogP contribution in [0.15, 0.2) is 199 Å². The summed E-state index contributed by atoms with van der Waals surface area (Å²) >= 11 is 0. The van der Waals surface area contributed by atoms with Crippen molar-refractivity contribution in [2.24, 2.45) is 0 Å². The number of furan rings is 1. The fourth-order valence-electron chi connectivity index (χ4n) is 9.06. The van der Waals surface area contributed by atoms with Crippen molar-refractivity contribution in [2.45, 2.75) is 0 Å². The SMILES string of the molecule is c1ccc(-c2cc(-n3c4ccccc4c4cc(-c5ccc6c7ccccc7n(-c7ncnc(-c8ccc9oc%10cccnc%10c9c8)n7)c6c5)ccc43)nc(-c3ccccc3)n2)cc1. The molecule has 0 amide bonds. The van der Waals surface area contributed by atoms with E-state index in [4.69, 9.17) is 24.4 Å². The summed E-state index contributed by atoms with van der Waals surface area (Å²) in [6.07, 6.45) is 3.37. The molecule has 6 heterocycles. The monoisotopic (exact) mass is 808 g/mol. The number of para-hydroxylation sites is 2. The third-order valence-electron chi connectivity index (χ3n) is 12.0. The Balaban J connectivity index is 0.961. The standard InChI is InChI=1S/C54H32N8O/c1-3-12-33(13-4-1)43-31-50(59-53(58-43)34-14-5-2-6-15-34)61-44-18-9-8-17-39(44)41-28-35(22-25-46(41)61)36-21-24-40-38-16-7-10-19-45(38)62(47(40)30-36)54-57-32-56-52(60-54)37-23-26-48-42(29-37)51-49(63-48)20-11-27-55-51/h1-32H. The smallest absolute Gasteiger partial charge is 0.238 e. The fourth-order valence-corrected chi connectivity index (χ4v) is 9.06. The second-order valence-corrected chi connectivity index (χ2v) is 15.6. The molecule has 0 saturated carbocycles. The molecule has 0 fully saturated rings. The molecule has 294 valence electrons. The largest absolute Gasteiger partial charge is 0.454 e. The topological polar surface area (TPSA) is 100 Å². The maximum Gasteiger partial charge on any atom is 0.238 e. The second kappa shape index (κ2) is 13.9. The van der Waals surface area contributed by atoms with Crippen molar-refractivity contribution in [3.05, 3.63) is 195 Å². The van der Waals surface area contributed by atoms with E-state index in [1.807, 2.05) is 66.7 Å². The maximum atomic E-state index is 6.05. The zero-order valence-electron chi connectivity index (χ0n) is 33.5. The lowest BCUT2D eigenvalue weighted by molar-refractivity contribution is 0.668. The fraction of sp³-hybridized carbons (Fsp3) is 0. The Labute approximate surface area is 359 Å². The van der Waals surface area contributed by atoms with Crippen LogP contribution in [-0.4, -0.2) is 39.0 Å². The van der Waals surface area contributed by atoms with Gasteiger partial charge in [-0.25, -0.2) is 19.9 Å². The van der Waals surface area contributed by atoms with Gasteiger partial charge in [-0.2, -0.15) is 4.98 Å². The molecule has 9 nitrogen and oxygen atoms in total. The third kappa shape index (κ3) is 5.64. The van der Waals surface area contributed by atoms with Gasteiger partial charge in [0, 0.05) is 55.9 Å². The minimum atomic E-state index is 0.534. The Morgan fingerprint density at radius 3 is 1.87 bits per heavy atom. The van der Waals surface area contributed by atoms with E-state index in [1.54, 1.807) is 12.5 Å². The Bertz CT molecular complexity index is 3870. The average Bonchev–Trinajstić information content (AvgIpc) is 4.01. The Hall–Kier alpha value is -8.82. The Morgan fingerprint density at radius 2 is 1.03 bits per heavy atom. The molecule has 0 saturated heterocycles. The number of pyridine rings is 1. The van der Waals surface area contributed by atoms with Gasteiger partial charge in [0.1, 0.15) is 23.2 Å². The highest BCUT2D eigenvalue weighted by Crippen LogP contribution is 2.39. The van der Waals surface area contributed by atoms with Gasteiger partial charge in [0.15, 0.2) is 17.2 Å².